The summed E-state index contributed by atoms with van der Waals surface area (Å²) in [6.45, 7) is 0. The van der Waals surface area contributed by atoms with Crippen molar-refractivity contribution < 1.29 is 0 Å². The second-order valence-corrected chi connectivity index (χ2v) is 5.66. The van der Waals surface area contributed by atoms with E-state index in [0.717, 1.165) is 5.02 Å². The number of anilines is 1. The molecule has 1 aromatic carbocycles. The summed E-state index contributed by atoms with van der Waals surface area (Å²) >= 11 is 5.96. The highest BCUT2D eigenvalue weighted by Crippen LogP contribution is 2.39. The summed E-state index contributed by atoms with van der Waals surface area (Å²) < 4.78 is 0. The molecule has 2 atom stereocenters. The van der Waals surface area contributed by atoms with Gasteiger partial charge in [0.1, 0.15) is 0 Å². The Morgan fingerprint density at radius 1 is 1.12 bits per heavy atom. The molecule has 0 aromatic heterocycles. The number of hydrogen-bond acceptors (Lipinski definition) is 2. The summed E-state index contributed by atoms with van der Waals surface area (Å²) in [7, 11) is 2.09. The summed E-state index contributed by atoms with van der Waals surface area (Å²) in [4.78, 5) is 2.62. The van der Waals surface area contributed by atoms with Crippen LogP contribution in [0.5, 0.6) is 0 Å². The zero-order chi connectivity index (χ0) is 11.8. The number of nitrogens with zero attached hydrogens (tertiary/aromatic N) is 1. The maximum atomic E-state index is 5.96. The van der Waals surface area contributed by atoms with Crippen LogP contribution < -0.4 is 10.2 Å². The molecular formula is C14H19ClN2. The number of hydrogen-bond donors (Lipinski definition) is 1. The number of piperidine rings is 1. The fraction of sp³-hybridized carbons (Fsp3) is 0.571. The predicted molar refractivity (Wildman–Crippen MR) is 72.8 cm³/mol. The van der Waals surface area contributed by atoms with Gasteiger partial charge in [-0.05, 0) is 57.0 Å². The van der Waals surface area contributed by atoms with Crippen LogP contribution in [-0.2, 0) is 0 Å². The number of benzene rings is 1. The third kappa shape index (κ3) is 2.04. The fourth-order valence-electron chi connectivity index (χ4n) is 3.45. The van der Waals surface area contributed by atoms with Crippen molar-refractivity contribution in [2.75, 3.05) is 11.9 Å². The molecule has 0 radical (unpaired) electrons. The third-order valence-electron chi connectivity index (χ3n) is 4.27. The van der Waals surface area contributed by atoms with Gasteiger partial charge in [0.15, 0.2) is 0 Å². The van der Waals surface area contributed by atoms with Crippen LogP contribution >= 0.6 is 11.6 Å². The van der Waals surface area contributed by atoms with E-state index in [1.807, 2.05) is 12.1 Å². The molecule has 0 amide bonds. The minimum atomic E-state index is 0.705. The Bertz CT molecular complexity index is 376. The van der Waals surface area contributed by atoms with Gasteiger partial charge in [-0.2, -0.15) is 0 Å². The lowest BCUT2D eigenvalue weighted by Crippen LogP contribution is -2.48. The van der Waals surface area contributed by atoms with Crippen LogP contribution in [0.1, 0.15) is 25.7 Å². The molecule has 3 heteroatoms. The van der Waals surface area contributed by atoms with E-state index in [0.29, 0.717) is 18.1 Å². The summed E-state index contributed by atoms with van der Waals surface area (Å²) in [5, 5.41) is 4.26. The average molecular weight is 251 g/mol. The molecular weight excluding hydrogens is 232 g/mol. The van der Waals surface area contributed by atoms with E-state index in [1.54, 1.807) is 0 Å². The summed E-state index contributed by atoms with van der Waals surface area (Å²) in [5.41, 5.74) is 1.34. The van der Waals surface area contributed by atoms with Crippen molar-refractivity contribution in [3.8, 4) is 0 Å². The van der Waals surface area contributed by atoms with E-state index in [9.17, 15) is 0 Å². The minimum absolute atomic E-state index is 0.705. The van der Waals surface area contributed by atoms with E-state index in [1.165, 1.54) is 31.4 Å². The Balaban J connectivity index is 1.83. The van der Waals surface area contributed by atoms with Crippen molar-refractivity contribution >= 4 is 17.3 Å². The lowest BCUT2D eigenvalue weighted by Gasteiger charge is -2.40. The van der Waals surface area contributed by atoms with E-state index in [-0.39, 0.29) is 0 Å². The van der Waals surface area contributed by atoms with Gasteiger partial charge in [0.25, 0.3) is 0 Å². The number of halogens is 1. The maximum absolute atomic E-state index is 5.96. The zero-order valence-corrected chi connectivity index (χ0v) is 11.0. The first-order valence-corrected chi connectivity index (χ1v) is 6.87. The predicted octanol–water partition coefficient (Wildman–Crippen LogP) is 3.06. The molecule has 2 heterocycles. The monoisotopic (exact) mass is 250 g/mol. The molecule has 92 valence electrons. The van der Waals surface area contributed by atoms with Crippen molar-refractivity contribution in [1.29, 1.82) is 0 Å². The molecule has 2 bridgehead atoms. The van der Waals surface area contributed by atoms with Crippen molar-refractivity contribution in [1.82, 2.24) is 5.32 Å². The molecule has 1 N–H and O–H groups in total. The molecule has 0 aliphatic carbocycles. The Labute approximate surface area is 108 Å². The van der Waals surface area contributed by atoms with Crippen molar-refractivity contribution in [3.05, 3.63) is 29.3 Å². The summed E-state index contributed by atoms with van der Waals surface area (Å²) in [6.07, 6.45) is 5.22. The topological polar surface area (TPSA) is 15.3 Å². The molecule has 2 aliphatic heterocycles. The smallest absolute Gasteiger partial charge is 0.0407 e. The fourth-order valence-corrected chi connectivity index (χ4v) is 3.57. The Hall–Kier alpha value is -0.730. The molecule has 2 unspecified atom stereocenters. The summed E-state index contributed by atoms with van der Waals surface area (Å²) in [5.74, 6) is 0. The molecule has 2 fully saturated rings. The van der Waals surface area contributed by atoms with E-state index < -0.39 is 0 Å². The van der Waals surface area contributed by atoms with Crippen LogP contribution in [0.15, 0.2) is 24.3 Å². The minimum Gasteiger partial charge on any atom is -0.365 e. The van der Waals surface area contributed by atoms with Gasteiger partial charge >= 0.3 is 0 Å². The standard InChI is InChI=1S/C14H19ClN2/c1-16-11-8-13-6-7-14(9-11)17(13)12-4-2-10(15)3-5-12/h2-5,11,13-14,16H,6-9H2,1H3. The third-order valence-corrected chi connectivity index (χ3v) is 4.52. The Morgan fingerprint density at radius 2 is 1.71 bits per heavy atom. The van der Waals surface area contributed by atoms with Crippen LogP contribution in [0.3, 0.4) is 0 Å². The summed E-state index contributed by atoms with van der Waals surface area (Å²) in [6, 6.07) is 10.5. The number of rotatable bonds is 2. The van der Waals surface area contributed by atoms with Crippen molar-refractivity contribution in [2.45, 2.75) is 43.8 Å². The molecule has 2 aliphatic rings. The van der Waals surface area contributed by atoms with Gasteiger partial charge in [0.2, 0.25) is 0 Å². The van der Waals surface area contributed by atoms with Crippen molar-refractivity contribution in [3.63, 3.8) is 0 Å². The van der Waals surface area contributed by atoms with Gasteiger partial charge in [0, 0.05) is 28.8 Å². The molecule has 17 heavy (non-hydrogen) atoms. The average Bonchev–Trinajstić information content (AvgIpc) is 2.61. The highest BCUT2D eigenvalue weighted by molar-refractivity contribution is 6.30. The van der Waals surface area contributed by atoms with Crippen molar-refractivity contribution in [2.24, 2.45) is 0 Å². The van der Waals surface area contributed by atoms with Crippen LogP contribution in [0.2, 0.25) is 5.02 Å². The van der Waals surface area contributed by atoms with E-state index in [4.69, 9.17) is 11.6 Å². The quantitative estimate of drug-likeness (QED) is 0.868. The molecule has 0 saturated carbocycles. The van der Waals surface area contributed by atoms with Gasteiger partial charge in [-0.15, -0.1) is 0 Å². The first kappa shape index (κ1) is 11.4. The lowest BCUT2D eigenvalue weighted by atomic mass is 9.97. The van der Waals surface area contributed by atoms with Crippen LogP contribution in [-0.4, -0.2) is 25.2 Å². The Kier molecular flexibility index (Phi) is 3.01. The van der Waals surface area contributed by atoms with Gasteiger partial charge in [-0.3, -0.25) is 0 Å². The highest BCUT2D eigenvalue weighted by Gasteiger charge is 2.40. The normalized spacial score (nSPS) is 31.9. The number of fused-ring (bicyclic) bond motifs is 2. The Morgan fingerprint density at radius 3 is 2.24 bits per heavy atom. The highest BCUT2D eigenvalue weighted by atomic mass is 35.5. The molecule has 3 rings (SSSR count). The first-order valence-electron chi connectivity index (χ1n) is 6.49. The van der Waals surface area contributed by atoms with Crippen LogP contribution in [0, 0.1) is 0 Å². The van der Waals surface area contributed by atoms with E-state index in [2.05, 4.69) is 29.4 Å². The largest absolute Gasteiger partial charge is 0.365 e. The zero-order valence-electron chi connectivity index (χ0n) is 10.2. The molecule has 2 nitrogen and oxygen atoms in total. The van der Waals surface area contributed by atoms with Gasteiger partial charge in [0.05, 0.1) is 0 Å². The van der Waals surface area contributed by atoms with Gasteiger partial charge in [-0.1, -0.05) is 11.6 Å². The van der Waals surface area contributed by atoms with Gasteiger partial charge < -0.3 is 10.2 Å². The lowest BCUT2D eigenvalue weighted by molar-refractivity contribution is 0.374. The molecule has 0 spiro atoms. The van der Waals surface area contributed by atoms with Crippen LogP contribution in [0.4, 0.5) is 5.69 Å². The second kappa shape index (κ2) is 4.51. The SMILES string of the molecule is CNC1CC2CCC(C1)N2c1ccc(Cl)cc1. The first-order chi connectivity index (χ1) is 8.28. The second-order valence-electron chi connectivity index (χ2n) is 5.23. The molecule has 2 saturated heterocycles. The number of nitrogens with one attached hydrogen (secondary N) is 1. The van der Waals surface area contributed by atoms with Crippen LogP contribution in [0.25, 0.3) is 0 Å². The maximum Gasteiger partial charge on any atom is 0.0407 e. The molecule has 1 aromatic rings. The van der Waals surface area contributed by atoms with Gasteiger partial charge in [-0.25, -0.2) is 0 Å². The van der Waals surface area contributed by atoms with E-state index >= 15 is 0 Å².